The standard InChI is InChI=1S/C54H94O6/c1-4-7-10-13-16-19-22-24-25-26-27-28-29-31-32-35-38-41-44-47-53(56)59-50-51(49-58-52(55)46-43-40-37-34-21-18-15-12-9-6-3)60-54(57)48-45-42-39-36-33-30-23-20-17-14-11-8-5-2/h15-16,18-19,22,24,30,33,39,42,51H,4-14,17,20-21,23,25-29,31-32,34-38,40-41,43-50H2,1-3H3/b18-15-,19-16-,24-22-,33-30-,42-39-. The Labute approximate surface area is 370 Å². The van der Waals surface area contributed by atoms with E-state index in [1.54, 1.807) is 0 Å². The molecule has 0 spiro atoms. The van der Waals surface area contributed by atoms with Crippen LogP contribution in [-0.2, 0) is 28.6 Å². The average molecular weight is 839 g/mol. The maximum atomic E-state index is 12.7. The fourth-order valence-electron chi connectivity index (χ4n) is 6.88. The summed E-state index contributed by atoms with van der Waals surface area (Å²) in [5.74, 6) is -0.987. The summed E-state index contributed by atoms with van der Waals surface area (Å²) in [6, 6.07) is 0. The van der Waals surface area contributed by atoms with Crippen molar-refractivity contribution in [3.05, 3.63) is 60.8 Å². The van der Waals surface area contributed by atoms with Crippen LogP contribution in [0.4, 0.5) is 0 Å². The van der Waals surface area contributed by atoms with Gasteiger partial charge in [-0.3, -0.25) is 14.4 Å². The molecule has 0 aromatic heterocycles. The zero-order chi connectivity index (χ0) is 43.7. The van der Waals surface area contributed by atoms with Crippen LogP contribution in [0.2, 0.25) is 0 Å². The van der Waals surface area contributed by atoms with Crippen LogP contribution in [0.1, 0.15) is 245 Å². The van der Waals surface area contributed by atoms with Gasteiger partial charge in [0.25, 0.3) is 0 Å². The van der Waals surface area contributed by atoms with Crippen molar-refractivity contribution < 1.29 is 28.6 Å². The van der Waals surface area contributed by atoms with Crippen molar-refractivity contribution in [3.63, 3.8) is 0 Å². The predicted octanol–water partition coefficient (Wildman–Crippen LogP) is 16.5. The minimum atomic E-state index is -0.808. The molecular weight excluding hydrogens is 745 g/mol. The Kier molecular flexibility index (Phi) is 46.4. The van der Waals surface area contributed by atoms with Crippen molar-refractivity contribution in [1.82, 2.24) is 0 Å². The quantitative estimate of drug-likeness (QED) is 0.0200. The van der Waals surface area contributed by atoms with Gasteiger partial charge in [-0.05, 0) is 83.5 Å². The molecule has 6 heteroatoms. The molecule has 0 saturated heterocycles. The average Bonchev–Trinajstić information content (AvgIpc) is 3.24. The maximum absolute atomic E-state index is 12.7. The number of hydrogen-bond donors (Lipinski definition) is 0. The topological polar surface area (TPSA) is 78.9 Å². The van der Waals surface area contributed by atoms with Gasteiger partial charge in [0.05, 0.1) is 0 Å². The van der Waals surface area contributed by atoms with Crippen LogP contribution in [0, 0.1) is 0 Å². The van der Waals surface area contributed by atoms with Gasteiger partial charge >= 0.3 is 17.9 Å². The highest BCUT2D eigenvalue weighted by Gasteiger charge is 2.19. The van der Waals surface area contributed by atoms with E-state index < -0.39 is 6.10 Å². The number of esters is 3. The van der Waals surface area contributed by atoms with Crippen LogP contribution >= 0.6 is 0 Å². The maximum Gasteiger partial charge on any atom is 0.306 e. The first-order valence-corrected chi connectivity index (χ1v) is 25.3. The Morgan fingerprint density at radius 1 is 0.350 bits per heavy atom. The SMILES string of the molecule is CCCC/C=C\CCCCCCC(=O)OCC(COC(=O)CCCCCCCCCCCC/C=C\C=C/CCCCC)OC(=O)CC/C=C\C/C=C\CCCCCCCC. The van der Waals surface area contributed by atoms with Crippen molar-refractivity contribution in [2.24, 2.45) is 0 Å². The minimum Gasteiger partial charge on any atom is -0.462 e. The van der Waals surface area contributed by atoms with E-state index >= 15 is 0 Å². The summed E-state index contributed by atoms with van der Waals surface area (Å²) in [4.78, 5) is 37.8. The van der Waals surface area contributed by atoms with Crippen LogP contribution in [0.5, 0.6) is 0 Å². The summed E-state index contributed by atoms with van der Waals surface area (Å²) in [6.07, 6.45) is 59.3. The summed E-state index contributed by atoms with van der Waals surface area (Å²) in [6.45, 7) is 6.49. The van der Waals surface area contributed by atoms with Crippen molar-refractivity contribution in [1.29, 1.82) is 0 Å². The molecule has 0 N–H and O–H groups in total. The van der Waals surface area contributed by atoms with Gasteiger partial charge in [-0.15, -0.1) is 0 Å². The molecule has 0 aromatic carbocycles. The first kappa shape index (κ1) is 57.1. The molecule has 0 aliphatic rings. The summed E-state index contributed by atoms with van der Waals surface area (Å²) >= 11 is 0. The number of unbranched alkanes of at least 4 members (excludes halogenated alkanes) is 25. The van der Waals surface area contributed by atoms with E-state index in [-0.39, 0.29) is 37.5 Å². The van der Waals surface area contributed by atoms with E-state index in [2.05, 4.69) is 75.5 Å². The lowest BCUT2D eigenvalue weighted by atomic mass is 10.1. The minimum absolute atomic E-state index is 0.102. The second-order valence-corrected chi connectivity index (χ2v) is 16.7. The summed E-state index contributed by atoms with van der Waals surface area (Å²) < 4.78 is 16.7. The van der Waals surface area contributed by atoms with Crippen LogP contribution in [-0.4, -0.2) is 37.2 Å². The van der Waals surface area contributed by atoms with Crippen molar-refractivity contribution in [2.75, 3.05) is 13.2 Å². The van der Waals surface area contributed by atoms with Crippen molar-refractivity contribution in [3.8, 4) is 0 Å². The molecule has 0 radical (unpaired) electrons. The molecule has 1 atom stereocenters. The van der Waals surface area contributed by atoms with Gasteiger partial charge in [-0.1, -0.05) is 204 Å². The normalized spacial score (nSPS) is 12.5. The van der Waals surface area contributed by atoms with E-state index in [1.807, 2.05) is 6.08 Å². The largest absolute Gasteiger partial charge is 0.462 e. The Balaban J connectivity index is 4.37. The van der Waals surface area contributed by atoms with Gasteiger partial charge in [0.15, 0.2) is 6.10 Å². The molecule has 0 rings (SSSR count). The smallest absolute Gasteiger partial charge is 0.306 e. The van der Waals surface area contributed by atoms with Gasteiger partial charge in [-0.2, -0.15) is 0 Å². The highest BCUT2D eigenvalue weighted by Crippen LogP contribution is 2.14. The molecule has 60 heavy (non-hydrogen) atoms. The third-order valence-corrected chi connectivity index (χ3v) is 10.8. The molecule has 0 aliphatic heterocycles. The monoisotopic (exact) mass is 839 g/mol. The molecule has 0 aliphatic carbocycles. The fourth-order valence-corrected chi connectivity index (χ4v) is 6.88. The molecule has 346 valence electrons. The number of carbonyl (C=O) groups is 3. The zero-order valence-electron chi connectivity index (χ0n) is 39.5. The lowest BCUT2D eigenvalue weighted by molar-refractivity contribution is -0.166. The van der Waals surface area contributed by atoms with Gasteiger partial charge in [0, 0.05) is 19.3 Å². The van der Waals surface area contributed by atoms with Crippen LogP contribution in [0.3, 0.4) is 0 Å². The molecule has 0 saturated carbocycles. The van der Waals surface area contributed by atoms with Crippen LogP contribution in [0.15, 0.2) is 60.8 Å². The van der Waals surface area contributed by atoms with Crippen molar-refractivity contribution in [2.45, 2.75) is 252 Å². The Morgan fingerprint density at radius 3 is 1.18 bits per heavy atom. The molecule has 0 bridgehead atoms. The summed E-state index contributed by atoms with van der Waals surface area (Å²) in [5, 5.41) is 0. The van der Waals surface area contributed by atoms with Crippen LogP contribution < -0.4 is 0 Å². The number of allylic oxidation sites excluding steroid dienone is 10. The highest BCUT2D eigenvalue weighted by molar-refractivity contribution is 5.71. The number of ether oxygens (including phenoxy) is 3. The predicted molar refractivity (Wildman–Crippen MR) is 256 cm³/mol. The Morgan fingerprint density at radius 2 is 0.700 bits per heavy atom. The first-order chi connectivity index (χ1) is 29.5. The third kappa shape index (κ3) is 46.2. The first-order valence-electron chi connectivity index (χ1n) is 25.3. The summed E-state index contributed by atoms with van der Waals surface area (Å²) in [7, 11) is 0. The number of hydrogen-bond acceptors (Lipinski definition) is 6. The van der Waals surface area contributed by atoms with E-state index in [4.69, 9.17) is 14.2 Å². The summed E-state index contributed by atoms with van der Waals surface area (Å²) in [5.41, 5.74) is 0. The lowest BCUT2D eigenvalue weighted by Crippen LogP contribution is -2.30. The second kappa shape index (κ2) is 48.8. The van der Waals surface area contributed by atoms with E-state index in [0.29, 0.717) is 19.3 Å². The molecule has 0 aromatic rings. The van der Waals surface area contributed by atoms with Crippen molar-refractivity contribution >= 4 is 17.9 Å². The molecule has 0 amide bonds. The molecule has 1 unspecified atom stereocenters. The second-order valence-electron chi connectivity index (χ2n) is 16.7. The molecule has 0 heterocycles. The number of rotatable bonds is 45. The lowest BCUT2D eigenvalue weighted by Gasteiger charge is -2.18. The third-order valence-electron chi connectivity index (χ3n) is 10.8. The highest BCUT2D eigenvalue weighted by atomic mass is 16.6. The number of carbonyl (C=O) groups excluding carboxylic acids is 3. The van der Waals surface area contributed by atoms with E-state index in [1.165, 1.54) is 128 Å². The molecule has 0 fully saturated rings. The molecule has 6 nitrogen and oxygen atoms in total. The zero-order valence-corrected chi connectivity index (χ0v) is 39.5. The van der Waals surface area contributed by atoms with Crippen LogP contribution in [0.25, 0.3) is 0 Å². The fraction of sp³-hybridized carbons (Fsp3) is 0.759. The Bertz CT molecular complexity index is 1100. The van der Waals surface area contributed by atoms with Gasteiger partial charge in [-0.25, -0.2) is 0 Å². The Hall–Kier alpha value is -2.89. The van der Waals surface area contributed by atoms with Gasteiger partial charge < -0.3 is 14.2 Å². The van der Waals surface area contributed by atoms with E-state index in [9.17, 15) is 14.4 Å². The van der Waals surface area contributed by atoms with E-state index in [0.717, 1.165) is 70.6 Å². The van der Waals surface area contributed by atoms with Gasteiger partial charge in [0.2, 0.25) is 0 Å². The molecular formula is C54H94O6. The van der Waals surface area contributed by atoms with Gasteiger partial charge in [0.1, 0.15) is 13.2 Å².